The van der Waals surface area contributed by atoms with Crippen molar-refractivity contribution in [3.8, 4) is 5.75 Å². The molecule has 4 nitrogen and oxygen atoms in total. The van der Waals surface area contributed by atoms with Crippen LogP contribution in [-0.2, 0) is 0 Å². The number of hydrogen-bond acceptors (Lipinski definition) is 3. The van der Waals surface area contributed by atoms with Gasteiger partial charge in [-0.2, -0.15) is 0 Å². The van der Waals surface area contributed by atoms with E-state index in [4.69, 9.17) is 17.0 Å². The lowest BCUT2D eigenvalue weighted by Gasteiger charge is -2.12. The van der Waals surface area contributed by atoms with Crippen molar-refractivity contribution in [2.75, 3.05) is 12.4 Å². The third-order valence-electron chi connectivity index (χ3n) is 3.60. The van der Waals surface area contributed by atoms with Gasteiger partial charge in [0.15, 0.2) is 5.11 Å². The van der Waals surface area contributed by atoms with E-state index in [1.54, 1.807) is 31.4 Å². The maximum Gasteiger partial charge on any atom is 0.257 e. The Bertz CT molecular complexity index is 903. The van der Waals surface area contributed by atoms with E-state index in [2.05, 4.69) is 10.6 Å². The Hall–Kier alpha value is -2.92. The van der Waals surface area contributed by atoms with Gasteiger partial charge in [-0.15, -0.1) is 0 Å². The van der Waals surface area contributed by atoms with Crippen molar-refractivity contribution in [3.63, 3.8) is 0 Å². The minimum absolute atomic E-state index is 0.249. The van der Waals surface area contributed by atoms with Crippen molar-refractivity contribution in [1.82, 2.24) is 5.32 Å². The van der Waals surface area contributed by atoms with Crippen molar-refractivity contribution in [2.24, 2.45) is 0 Å². The summed E-state index contributed by atoms with van der Waals surface area (Å²) < 4.78 is 5.13. The molecule has 1 amide bonds. The standard InChI is InChI=1S/C19H16N2O2S/c1-23-15-9-4-8-14(12-15)18(22)21-19(24)20-17-11-5-7-13-6-2-3-10-16(13)17/h2-12H,1H3,(H2,20,21,22,24). The topological polar surface area (TPSA) is 50.4 Å². The summed E-state index contributed by atoms with van der Waals surface area (Å²) in [5.41, 5.74) is 1.33. The molecule has 0 aliphatic heterocycles. The second-order valence-electron chi connectivity index (χ2n) is 5.17. The number of benzene rings is 3. The lowest BCUT2D eigenvalue weighted by atomic mass is 10.1. The van der Waals surface area contributed by atoms with Crippen LogP contribution in [0.4, 0.5) is 5.69 Å². The molecule has 0 aliphatic carbocycles. The van der Waals surface area contributed by atoms with Crippen LogP contribution in [0.2, 0.25) is 0 Å². The predicted octanol–water partition coefficient (Wildman–Crippen LogP) is 3.98. The molecule has 0 saturated heterocycles. The average Bonchev–Trinajstić information content (AvgIpc) is 2.62. The Balaban J connectivity index is 1.74. The van der Waals surface area contributed by atoms with E-state index in [1.807, 2.05) is 42.5 Å². The minimum atomic E-state index is -0.286. The van der Waals surface area contributed by atoms with Gasteiger partial charge in [-0.1, -0.05) is 42.5 Å². The van der Waals surface area contributed by atoms with Crippen LogP contribution in [0, 0.1) is 0 Å². The third-order valence-corrected chi connectivity index (χ3v) is 3.80. The summed E-state index contributed by atoms with van der Waals surface area (Å²) in [6, 6.07) is 20.8. The number of carbonyl (C=O) groups excluding carboxylic acids is 1. The molecule has 0 atom stereocenters. The van der Waals surface area contributed by atoms with E-state index in [0.29, 0.717) is 11.3 Å². The van der Waals surface area contributed by atoms with Gasteiger partial charge >= 0.3 is 0 Å². The maximum absolute atomic E-state index is 12.3. The summed E-state index contributed by atoms with van der Waals surface area (Å²) in [5, 5.41) is 8.16. The number of nitrogens with one attached hydrogen (secondary N) is 2. The highest BCUT2D eigenvalue weighted by Crippen LogP contribution is 2.22. The zero-order valence-electron chi connectivity index (χ0n) is 13.1. The smallest absolute Gasteiger partial charge is 0.257 e. The first-order valence-electron chi connectivity index (χ1n) is 7.41. The van der Waals surface area contributed by atoms with E-state index in [0.717, 1.165) is 16.5 Å². The quantitative estimate of drug-likeness (QED) is 0.711. The van der Waals surface area contributed by atoms with Crippen molar-refractivity contribution in [1.29, 1.82) is 0 Å². The normalized spacial score (nSPS) is 10.2. The average molecular weight is 336 g/mol. The lowest BCUT2D eigenvalue weighted by molar-refractivity contribution is 0.0977. The molecule has 24 heavy (non-hydrogen) atoms. The zero-order valence-corrected chi connectivity index (χ0v) is 13.9. The third kappa shape index (κ3) is 3.52. The van der Waals surface area contributed by atoms with E-state index in [-0.39, 0.29) is 11.0 Å². The molecule has 0 aliphatic rings. The van der Waals surface area contributed by atoms with Gasteiger partial charge in [0.1, 0.15) is 5.75 Å². The molecule has 3 aromatic rings. The van der Waals surface area contributed by atoms with E-state index < -0.39 is 0 Å². The second kappa shape index (κ2) is 7.10. The fraction of sp³-hybridized carbons (Fsp3) is 0.0526. The number of thiocarbonyl (C=S) groups is 1. The SMILES string of the molecule is COc1cccc(C(=O)NC(=S)Nc2cccc3ccccc23)c1. The summed E-state index contributed by atoms with van der Waals surface area (Å²) in [7, 11) is 1.56. The molecule has 0 heterocycles. The molecule has 0 fully saturated rings. The Morgan fingerprint density at radius 3 is 2.58 bits per heavy atom. The van der Waals surface area contributed by atoms with Gasteiger partial charge in [0.2, 0.25) is 0 Å². The van der Waals surface area contributed by atoms with Crippen LogP contribution in [0.15, 0.2) is 66.7 Å². The van der Waals surface area contributed by atoms with Crippen molar-refractivity contribution >= 4 is 39.7 Å². The molecule has 3 aromatic carbocycles. The number of carbonyl (C=O) groups is 1. The largest absolute Gasteiger partial charge is 0.497 e. The first-order valence-corrected chi connectivity index (χ1v) is 7.82. The second-order valence-corrected chi connectivity index (χ2v) is 5.58. The van der Waals surface area contributed by atoms with Crippen molar-refractivity contribution in [3.05, 3.63) is 72.3 Å². The first kappa shape index (κ1) is 16.0. The molecule has 2 N–H and O–H groups in total. The number of hydrogen-bond donors (Lipinski definition) is 2. The highest BCUT2D eigenvalue weighted by Gasteiger charge is 2.09. The fourth-order valence-corrected chi connectivity index (χ4v) is 2.63. The Morgan fingerprint density at radius 2 is 1.75 bits per heavy atom. The molecule has 0 spiro atoms. The molecular weight excluding hydrogens is 320 g/mol. The molecule has 0 bridgehead atoms. The molecule has 0 saturated carbocycles. The van der Waals surface area contributed by atoms with Gasteiger partial charge in [0, 0.05) is 16.6 Å². The molecule has 0 unspecified atom stereocenters. The van der Waals surface area contributed by atoms with Gasteiger partial charge in [-0.25, -0.2) is 0 Å². The van der Waals surface area contributed by atoms with Crippen LogP contribution >= 0.6 is 12.2 Å². The first-order chi connectivity index (χ1) is 11.7. The highest BCUT2D eigenvalue weighted by atomic mass is 32.1. The van der Waals surface area contributed by atoms with Gasteiger partial charge in [0.25, 0.3) is 5.91 Å². The van der Waals surface area contributed by atoms with Gasteiger partial charge in [-0.3, -0.25) is 10.1 Å². The maximum atomic E-state index is 12.3. The molecule has 120 valence electrons. The molecule has 5 heteroatoms. The molecule has 0 aromatic heterocycles. The Kier molecular flexibility index (Phi) is 4.72. The van der Waals surface area contributed by atoms with Crippen LogP contribution in [0.3, 0.4) is 0 Å². The summed E-state index contributed by atoms with van der Waals surface area (Å²) in [6.07, 6.45) is 0. The fourth-order valence-electron chi connectivity index (χ4n) is 2.43. The molecular formula is C19H16N2O2S. The highest BCUT2D eigenvalue weighted by molar-refractivity contribution is 7.80. The summed E-state index contributed by atoms with van der Waals surface area (Å²) in [5.74, 6) is 0.335. The summed E-state index contributed by atoms with van der Waals surface area (Å²) in [4.78, 5) is 12.3. The Morgan fingerprint density at radius 1 is 1.00 bits per heavy atom. The van der Waals surface area contributed by atoms with Gasteiger partial charge < -0.3 is 10.1 Å². The monoisotopic (exact) mass is 336 g/mol. The summed E-state index contributed by atoms with van der Waals surface area (Å²) >= 11 is 5.26. The van der Waals surface area contributed by atoms with Gasteiger partial charge in [-0.05, 0) is 41.9 Å². The summed E-state index contributed by atoms with van der Waals surface area (Å²) in [6.45, 7) is 0. The van der Waals surface area contributed by atoms with Crippen LogP contribution in [0.5, 0.6) is 5.75 Å². The number of fused-ring (bicyclic) bond motifs is 1. The van der Waals surface area contributed by atoms with E-state index in [9.17, 15) is 4.79 Å². The lowest BCUT2D eigenvalue weighted by Crippen LogP contribution is -2.34. The molecule has 0 radical (unpaired) electrons. The Labute approximate surface area is 145 Å². The number of anilines is 1. The van der Waals surface area contributed by atoms with Crippen LogP contribution in [-0.4, -0.2) is 18.1 Å². The van der Waals surface area contributed by atoms with Crippen LogP contribution in [0.25, 0.3) is 10.8 Å². The van der Waals surface area contributed by atoms with E-state index in [1.165, 1.54) is 0 Å². The predicted molar refractivity (Wildman–Crippen MR) is 101 cm³/mol. The minimum Gasteiger partial charge on any atom is -0.497 e. The number of methoxy groups -OCH3 is 1. The molecule has 3 rings (SSSR count). The van der Waals surface area contributed by atoms with Crippen LogP contribution in [0.1, 0.15) is 10.4 Å². The van der Waals surface area contributed by atoms with Crippen LogP contribution < -0.4 is 15.4 Å². The number of ether oxygens (including phenoxy) is 1. The number of rotatable bonds is 3. The zero-order chi connectivity index (χ0) is 16.9. The van der Waals surface area contributed by atoms with Crippen molar-refractivity contribution < 1.29 is 9.53 Å². The number of amides is 1. The van der Waals surface area contributed by atoms with Crippen molar-refractivity contribution in [2.45, 2.75) is 0 Å². The van der Waals surface area contributed by atoms with Gasteiger partial charge in [0.05, 0.1) is 7.11 Å². The van der Waals surface area contributed by atoms with E-state index >= 15 is 0 Å².